The summed E-state index contributed by atoms with van der Waals surface area (Å²) in [7, 11) is 0. The molecule has 2 aromatic rings. The summed E-state index contributed by atoms with van der Waals surface area (Å²) in [5.41, 5.74) is 3.78. The van der Waals surface area contributed by atoms with Gasteiger partial charge in [0.05, 0.1) is 0 Å². The predicted molar refractivity (Wildman–Crippen MR) is 64.3 cm³/mol. The van der Waals surface area contributed by atoms with Gasteiger partial charge in [0.25, 0.3) is 0 Å². The molecule has 0 unspecified atom stereocenters. The molecule has 1 heteroatoms. The van der Waals surface area contributed by atoms with Crippen LogP contribution >= 0.6 is 15.9 Å². The van der Waals surface area contributed by atoms with E-state index in [4.69, 9.17) is 0 Å². The van der Waals surface area contributed by atoms with Crippen molar-refractivity contribution in [2.75, 3.05) is 0 Å². The van der Waals surface area contributed by atoms with Crippen molar-refractivity contribution in [2.45, 2.75) is 6.92 Å². The monoisotopic (exact) mass is 246 g/mol. The fourth-order valence-electron chi connectivity index (χ4n) is 1.49. The van der Waals surface area contributed by atoms with Gasteiger partial charge in [-0.2, -0.15) is 0 Å². The Bertz CT molecular complexity index is 432. The minimum absolute atomic E-state index is 1.19. The molecule has 0 N–H and O–H groups in total. The number of benzene rings is 2. The minimum atomic E-state index is 1.19. The predicted octanol–water partition coefficient (Wildman–Crippen LogP) is 4.42. The largest absolute Gasteiger partial charge is 0.0622 e. The first kappa shape index (κ1) is 9.47. The fourth-order valence-corrected chi connectivity index (χ4v) is 1.98. The Hall–Kier alpha value is -1.08. The van der Waals surface area contributed by atoms with Gasteiger partial charge in [0.15, 0.2) is 0 Å². The average Bonchev–Trinajstić information content (AvgIpc) is 2.23. The highest BCUT2D eigenvalue weighted by molar-refractivity contribution is 9.10. The summed E-state index contributed by atoms with van der Waals surface area (Å²) in [4.78, 5) is 0. The number of rotatable bonds is 1. The second-order valence-corrected chi connectivity index (χ2v) is 4.10. The van der Waals surface area contributed by atoms with Crippen LogP contribution in [0.15, 0.2) is 53.0 Å². The van der Waals surface area contributed by atoms with Crippen LogP contribution in [-0.4, -0.2) is 0 Å². The molecule has 0 radical (unpaired) electrons. The standard InChI is InChI=1S/C13H11Br/c1-10-6-5-9-12(13(10)14)11-7-3-2-4-8-11/h2-9H,1H3. The van der Waals surface area contributed by atoms with E-state index in [1.54, 1.807) is 0 Å². The van der Waals surface area contributed by atoms with Gasteiger partial charge in [-0.3, -0.25) is 0 Å². The summed E-state index contributed by atoms with van der Waals surface area (Å²) in [5, 5.41) is 0. The summed E-state index contributed by atoms with van der Waals surface area (Å²) in [6, 6.07) is 16.7. The normalized spacial score (nSPS) is 10.1. The molecule has 0 saturated heterocycles. The van der Waals surface area contributed by atoms with Crippen molar-refractivity contribution in [3.63, 3.8) is 0 Å². The van der Waals surface area contributed by atoms with Crippen LogP contribution in [0, 0.1) is 6.92 Å². The van der Waals surface area contributed by atoms with E-state index in [1.165, 1.54) is 21.2 Å². The van der Waals surface area contributed by atoms with E-state index in [-0.39, 0.29) is 0 Å². The van der Waals surface area contributed by atoms with E-state index in [0.29, 0.717) is 0 Å². The zero-order valence-corrected chi connectivity index (χ0v) is 9.58. The SMILES string of the molecule is Cc1cccc(-c2ccccc2)c1Br. The average molecular weight is 247 g/mol. The molecule has 0 aromatic heterocycles. The van der Waals surface area contributed by atoms with Crippen molar-refractivity contribution >= 4 is 15.9 Å². The highest BCUT2D eigenvalue weighted by atomic mass is 79.9. The molecule has 14 heavy (non-hydrogen) atoms. The first-order valence-electron chi connectivity index (χ1n) is 4.59. The lowest BCUT2D eigenvalue weighted by Crippen LogP contribution is -1.82. The van der Waals surface area contributed by atoms with Crippen LogP contribution in [0.25, 0.3) is 11.1 Å². The highest BCUT2D eigenvalue weighted by Crippen LogP contribution is 2.30. The van der Waals surface area contributed by atoms with Crippen LogP contribution < -0.4 is 0 Å². The molecule has 0 saturated carbocycles. The molecular formula is C13H11Br. The van der Waals surface area contributed by atoms with Gasteiger partial charge in [0, 0.05) is 4.47 Å². The molecule has 0 spiro atoms. The third-order valence-corrected chi connectivity index (χ3v) is 3.33. The van der Waals surface area contributed by atoms with Gasteiger partial charge in [-0.1, -0.05) is 48.5 Å². The molecule has 70 valence electrons. The number of halogens is 1. The van der Waals surface area contributed by atoms with Gasteiger partial charge in [-0.15, -0.1) is 0 Å². The minimum Gasteiger partial charge on any atom is -0.0622 e. The third kappa shape index (κ3) is 1.73. The highest BCUT2D eigenvalue weighted by Gasteiger charge is 2.03. The third-order valence-electron chi connectivity index (χ3n) is 2.28. The maximum Gasteiger partial charge on any atom is 0.0282 e. The van der Waals surface area contributed by atoms with Crippen molar-refractivity contribution in [1.82, 2.24) is 0 Å². The molecule has 0 amide bonds. The zero-order chi connectivity index (χ0) is 9.97. The molecule has 0 aliphatic rings. The number of hydrogen-bond donors (Lipinski definition) is 0. The van der Waals surface area contributed by atoms with E-state index in [1.807, 2.05) is 6.07 Å². The molecule has 0 aliphatic heterocycles. The van der Waals surface area contributed by atoms with Crippen LogP contribution in [0.4, 0.5) is 0 Å². The van der Waals surface area contributed by atoms with Crippen molar-refractivity contribution in [1.29, 1.82) is 0 Å². The number of hydrogen-bond acceptors (Lipinski definition) is 0. The van der Waals surface area contributed by atoms with Gasteiger partial charge >= 0.3 is 0 Å². The maximum absolute atomic E-state index is 3.62. The molecule has 2 rings (SSSR count). The van der Waals surface area contributed by atoms with Crippen molar-refractivity contribution in [2.24, 2.45) is 0 Å². The molecule has 0 aliphatic carbocycles. The van der Waals surface area contributed by atoms with Crippen LogP contribution in [0.3, 0.4) is 0 Å². The molecular weight excluding hydrogens is 236 g/mol. The van der Waals surface area contributed by atoms with Crippen LogP contribution in [0.5, 0.6) is 0 Å². The fraction of sp³-hybridized carbons (Fsp3) is 0.0769. The zero-order valence-electron chi connectivity index (χ0n) is 8.00. The summed E-state index contributed by atoms with van der Waals surface area (Å²) in [6.07, 6.45) is 0. The first-order valence-corrected chi connectivity index (χ1v) is 5.39. The molecule has 0 heterocycles. The van der Waals surface area contributed by atoms with E-state index in [9.17, 15) is 0 Å². The molecule has 0 nitrogen and oxygen atoms in total. The molecule has 0 fully saturated rings. The van der Waals surface area contributed by atoms with E-state index in [0.717, 1.165) is 0 Å². The Labute approximate surface area is 92.7 Å². The summed E-state index contributed by atoms with van der Waals surface area (Å²) in [6.45, 7) is 2.11. The summed E-state index contributed by atoms with van der Waals surface area (Å²) >= 11 is 3.62. The molecule has 0 bridgehead atoms. The van der Waals surface area contributed by atoms with Gasteiger partial charge < -0.3 is 0 Å². The van der Waals surface area contributed by atoms with E-state index < -0.39 is 0 Å². The van der Waals surface area contributed by atoms with Gasteiger partial charge in [-0.25, -0.2) is 0 Å². The summed E-state index contributed by atoms with van der Waals surface area (Å²) in [5.74, 6) is 0. The van der Waals surface area contributed by atoms with Crippen molar-refractivity contribution in [3.8, 4) is 11.1 Å². The Balaban J connectivity index is 2.58. The Morgan fingerprint density at radius 3 is 2.29 bits per heavy atom. The van der Waals surface area contributed by atoms with Crippen LogP contribution in [0.2, 0.25) is 0 Å². The smallest absolute Gasteiger partial charge is 0.0282 e. The lowest BCUT2D eigenvalue weighted by atomic mass is 10.0. The van der Waals surface area contributed by atoms with Crippen LogP contribution in [0.1, 0.15) is 5.56 Å². The maximum atomic E-state index is 3.62. The van der Waals surface area contributed by atoms with Crippen molar-refractivity contribution in [3.05, 3.63) is 58.6 Å². The quantitative estimate of drug-likeness (QED) is 0.699. The topological polar surface area (TPSA) is 0 Å². The second kappa shape index (κ2) is 3.97. The van der Waals surface area contributed by atoms with Gasteiger partial charge in [-0.05, 0) is 39.5 Å². The van der Waals surface area contributed by atoms with Gasteiger partial charge in [0.2, 0.25) is 0 Å². The van der Waals surface area contributed by atoms with Crippen molar-refractivity contribution < 1.29 is 0 Å². The lowest BCUT2D eigenvalue weighted by Gasteiger charge is -2.06. The second-order valence-electron chi connectivity index (χ2n) is 3.30. The number of aryl methyl sites for hydroxylation is 1. The molecule has 2 aromatic carbocycles. The Morgan fingerprint density at radius 1 is 0.857 bits per heavy atom. The molecule has 0 atom stereocenters. The Morgan fingerprint density at radius 2 is 1.57 bits per heavy atom. The lowest BCUT2D eigenvalue weighted by molar-refractivity contribution is 1.43. The van der Waals surface area contributed by atoms with Gasteiger partial charge in [0.1, 0.15) is 0 Å². The first-order chi connectivity index (χ1) is 6.79. The van der Waals surface area contributed by atoms with Crippen LogP contribution in [-0.2, 0) is 0 Å². The summed E-state index contributed by atoms with van der Waals surface area (Å²) < 4.78 is 1.19. The Kier molecular flexibility index (Phi) is 2.69. The van der Waals surface area contributed by atoms with E-state index in [2.05, 4.69) is 65.3 Å². The van der Waals surface area contributed by atoms with E-state index >= 15 is 0 Å².